The van der Waals surface area contributed by atoms with Gasteiger partial charge in [0.05, 0.1) is 17.5 Å². The molecule has 0 spiro atoms. The van der Waals surface area contributed by atoms with Crippen LogP contribution in [0.2, 0.25) is 0 Å². The van der Waals surface area contributed by atoms with Crippen molar-refractivity contribution in [1.82, 2.24) is 15.5 Å². The summed E-state index contributed by atoms with van der Waals surface area (Å²) in [6.07, 6.45) is 3.05. The fourth-order valence-electron chi connectivity index (χ4n) is 4.64. The van der Waals surface area contributed by atoms with E-state index in [1.165, 1.54) is 5.56 Å². The second-order valence-electron chi connectivity index (χ2n) is 7.48. The highest BCUT2D eigenvalue weighted by molar-refractivity contribution is 5.82. The number of aliphatic hydroxyl groups is 1. The van der Waals surface area contributed by atoms with E-state index in [9.17, 15) is 9.90 Å². The summed E-state index contributed by atoms with van der Waals surface area (Å²) in [6.45, 7) is 1.75. The van der Waals surface area contributed by atoms with Crippen molar-refractivity contribution in [2.24, 2.45) is 17.8 Å². The Kier molecular flexibility index (Phi) is 4.49. The molecule has 1 aromatic heterocycles. The van der Waals surface area contributed by atoms with Gasteiger partial charge in [0.15, 0.2) is 0 Å². The van der Waals surface area contributed by atoms with Crippen LogP contribution < -0.4 is 5.32 Å². The lowest BCUT2D eigenvalue weighted by Gasteiger charge is -2.20. The van der Waals surface area contributed by atoms with Gasteiger partial charge in [0.25, 0.3) is 0 Å². The van der Waals surface area contributed by atoms with E-state index >= 15 is 0 Å². The molecule has 5 heteroatoms. The number of hydrogen-bond acceptors (Lipinski definition) is 4. The molecule has 26 heavy (non-hydrogen) atoms. The summed E-state index contributed by atoms with van der Waals surface area (Å²) in [5.74, 6) is 1.24. The molecule has 0 aliphatic heterocycles. The fourth-order valence-corrected chi connectivity index (χ4v) is 4.64. The Morgan fingerprint density at radius 1 is 1.12 bits per heavy atom. The third-order valence-electron chi connectivity index (χ3n) is 6.00. The Morgan fingerprint density at radius 3 is 2.38 bits per heavy atom. The predicted molar refractivity (Wildman–Crippen MR) is 99.3 cm³/mol. The molecule has 1 amide bonds. The van der Waals surface area contributed by atoms with Gasteiger partial charge in [-0.3, -0.25) is 4.79 Å². The number of nitrogens with zero attached hydrogens (tertiary/aromatic N) is 2. The maximum atomic E-state index is 12.1. The molecule has 1 saturated carbocycles. The summed E-state index contributed by atoms with van der Waals surface area (Å²) in [6, 6.07) is 10.1. The van der Waals surface area contributed by atoms with E-state index in [0.29, 0.717) is 17.5 Å². The molecule has 2 aromatic rings. The molecule has 0 bridgehead atoms. The highest BCUT2D eigenvalue weighted by Gasteiger charge is 2.53. The molecule has 2 aliphatic rings. The first-order valence-electron chi connectivity index (χ1n) is 9.45. The SMILES string of the molecule is CNC(=O)C1C2CCc3c(-c4ccccc4)nnc(C(C)O)c3CCC21. The molecule has 2 aliphatic carbocycles. The minimum atomic E-state index is -0.634. The highest BCUT2D eigenvalue weighted by atomic mass is 16.3. The van der Waals surface area contributed by atoms with Crippen LogP contribution in [0.5, 0.6) is 0 Å². The van der Waals surface area contributed by atoms with Gasteiger partial charge in [0.1, 0.15) is 0 Å². The molecule has 1 heterocycles. The highest BCUT2D eigenvalue weighted by Crippen LogP contribution is 2.53. The van der Waals surface area contributed by atoms with Crippen LogP contribution in [0.25, 0.3) is 11.3 Å². The van der Waals surface area contributed by atoms with E-state index in [4.69, 9.17) is 0 Å². The zero-order valence-electron chi connectivity index (χ0n) is 15.3. The molecule has 4 rings (SSSR count). The van der Waals surface area contributed by atoms with E-state index in [0.717, 1.165) is 42.5 Å². The zero-order valence-corrected chi connectivity index (χ0v) is 15.3. The third kappa shape index (κ3) is 2.90. The van der Waals surface area contributed by atoms with Crippen molar-refractivity contribution in [2.45, 2.75) is 38.7 Å². The van der Waals surface area contributed by atoms with Crippen molar-refractivity contribution in [3.05, 3.63) is 47.2 Å². The van der Waals surface area contributed by atoms with Gasteiger partial charge in [0.2, 0.25) is 5.91 Å². The number of carbonyl (C=O) groups is 1. The van der Waals surface area contributed by atoms with E-state index in [-0.39, 0.29) is 11.8 Å². The Labute approximate surface area is 153 Å². The van der Waals surface area contributed by atoms with Crippen molar-refractivity contribution in [2.75, 3.05) is 7.05 Å². The van der Waals surface area contributed by atoms with Crippen LogP contribution in [-0.4, -0.2) is 28.3 Å². The van der Waals surface area contributed by atoms with Crippen molar-refractivity contribution in [3.63, 3.8) is 0 Å². The minimum Gasteiger partial charge on any atom is -0.387 e. The molecule has 5 nitrogen and oxygen atoms in total. The Hall–Kier alpha value is -2.27. The Balaban J connectivity index is 1.73. The molecule has 0 saturated heterocycles. The molecule has 136 valence electrons. The third-order valence-corrected chi connectivity index (χ3v) is 6.00. The van der Waals surface area contributed by atoms with Crippen LogP contribution >= 0.6 is 0 Å². The molecule has 4 unspecified atom stereocenters. The lowest BCUT2D eigenvalue weighted by molar-refractivity contribution is -0.122. The first-order valence-corrected chi connectivity index (χ1v) is 9.45. The number of nitrogens with one attached hydrogen (secondary N) is 1. The van der Waals surface area contributed by atoms with Crippen molar-refractivity contribution >= 4 is 5.91 Å². The summed E-state index contributed by atoms with van der Waals surface area (Å²) in [5.41, 5.74) is 5.00. The van der Waals surface area contributed by atoms with Crippen LogP contribution in [0.15, 0.2) is 30.3 Å². The summed E-state index contributed by atoms with van der Waals surface area (Å²) in [4.78, 5) is 12.1. The summed E-state index contributed by atoms with van der Waals surface area (Å²) < 4.78 is 0. The lowest BCUT2D eigenvalue weighted by Crippen LogP contribution is -2.21. The molecular weight excluding hydrogens is 326 g/mol. The summed E-state index contributed by atoms with van der Waals surface area (Å²) in [7, 11) is 1.72. The van der Waals surface area contributed by atoms with E-state index < -0.39 is 6.10 Å². The minimum absolute atomic E-state index is 0.144. The summed E-state index contributed by atoms with van der Waals surface area (Å²) >= 11 is 0. The standard InChI is InChI=1S/C21H25N3O2/c1-12(25)19-16-10-8-14-15(18(14)21(26)22-2)9-11-17(16)20(24-23-19)13-6-4-3-5-7-13/h3-7,12,14-15,18,25H,8-11H2,1-2H3,(H,22,26). The average molecular weight is 351 g/mol. The molecular formula is C21H25N3O2. The van der Waals surface area contributed by atoms with Crippen LogP contribution in [0, 0.1) is 17.8 Å². The van der Waals surface area contributed by atoms with Crippen LogP contribution in [0.3, 0.4) is 0 Å². The van der Waals surface area contributed by atoms with Gasteiger partial charge < -0.3 is 10.4 Å². The van der Waals surface area contributed by atoms with Crippen LogP contribution in [-0.2, 0) is 17.6 Å². The Morgan fingerprint density at radius 2 is 1.77 bits per heavy atom. The monoisotopic (exact) mass is 351 g/mol. The van der Waals surface area contributed by atoms with E-state index in [2.05, 4.69) is 27.6 Å². The topological polar surface area (TPSA) is 75.1 Å². The first-order chi connectivity index (χ1) is 12.6. The fraction of sp³-hybridized carbons (Fsp3) is 0.476. The number of aliphatic hydroxyl groups excluding tert-OH is 1. The number of carbonyl (C=O) groups excluding carboxylic acids is 1. The molecule has 4 atom stereocenters. The number of benzene rings is 1. The first kappa shape index (κ1) is 17.2. The molecule has 0 radical (unpaired) electrons. The molecule has 1 fully saturated rings. The lowest BCUT2D eigenvalue weighted by atomic mass is 9.89. The largest absolute Gasteiger partial charge is 0.387 e. The normalized spacial score (nSPS) is 25.3. The second kappa shape index (κ2) is 6.80. The quantitative estimate of drug-likeness (QED) is 0.891. The number of amides is 1. The van der Waals surface area contributed by atoms with Crippen LogP contribution in [0.4, 0.5) is 0 Å². The van der Waals surface area contributed by atoms with E-state index in [1.54, 1.807) is 14.0 Å². The Bertz CT molecular complexity index is 820. The van der Waals surface area contributed by atoms with Gasteiger partial charge in [-0.1, -0.05) is 30.3 Å². The van der Waals surface area contributed by atoms with Gasteiger partial charge in [-0.2, -0.15) is 5.10 Å². The predicted octanol–water partition coefficient (Wildman–Crippen LogP) is 2.68. The summed E-state index contributed by atoms with van der Waals surface area (Å²) in [5, 5.41) is 21.8. The van der Waals surface area contributed by atoms with Gasteiger partial charge >= 0.3 is 0 Å². The second-order valence-corrected chi connectivity index (χ2v) is 7.48. The molecule has 1 aromatic carbocycles. The van der Waals surface area contributed by atoms with Crippen molar-refractivity contribution in [1.29, 1.82) is 0 Å². The van der Waals surface area contributed by atoms with Crippen molar-refractivity contribution < 1.29 is 9.90 Å². The van der Waals surface area contributed by atoms with Gasteiger partial charge in [0, 0.05) is 18.5 Å². The van der Waals surface area contributed by atoms with Crippen molar-refractivity contribution in [3.8, 4) is 11.3 Å². The van der Waals surface area contributed by atoms with Gasteiger partial charge in [-0.05, 0) is 55.6 Å². The number of aromatic nitrogens is 2. The van der Waals surface area contributed by atoms with Gasteiger partial charge in [-0.15, -0.1) is 5.10 Å². The number of fused-ring (bicyclic) bond motifs is 2. The van der Waals surface area contributed by atoms with E-state index in [1.807, 2.05) is 18.2 Å². The number of rotatable bonds is 3. The maximum absolute atomic E-state index is 12.1. The zero-order chi connectivity index (χ0) is 18.3. The average Bonchev–Trinajstić information content (AvgIpc) is 3.33. The maximum Gasteiger partial charge on any atom is 0.223 e. The number of hydrogen-bond donors (Lipinski definition) is 2. The smallest absolute Gasteiger partial charge is 0.223 e. The van der Waals surface area contributed by atoms with Crippen LogP contribution in [0.1, 0.15) is 42.7 Å². The van der Waals surface area contributed by atoms with Gasteiger partial charge in [-0.25, -0.2) is 0 Å². The molecule has 2 N–H and O–H groups in total.